The number of carbonyl (C=O) groups excluding carboxylic acids is 1. The molecule has 134 valence electrons. The Bertz CT molecular complexity index is 723. The lowest BCUT2D eigenvalue weighted by Crippen LogP contribution is -2.48. The lowest BCUT2D eigenvalue weighted by atomic mass is 9.99. The SMILES string of the molecule is CC(C)N1CCc2ncn(C(C)C)c2[C@H]1C(=O)NCc1ccccn1. The Balaban J connectivity index is 1.88. The number of aromatic nitrogens is 3. The predicted molar refractivity (Wildman–Crippen MR) is 97.0 cm³/mol. The van der Waals surface area contributed by atoms with E-state index in [1.807, 2.05) is 24.5 Å². The summed E-state index contributed by atoms with van der Waals surface area (Å²) in [6, 6.07) is 5.98. The molecule has 1 N–H and O–H groups in total. The maximum atomic E-state index is 13.1. The minimum atomic E-state index is -0.308. The van der Waals surface area contributed by atoms with Crippen molar-refractivity contribution in [3.05, 3.63) is 47.8 Å². The van der Waals surface area contributed by atoms with Gasteiger partial charge in [-0.3, -0.25) is 14.7 Å². The number of pyridine rings is 1. The number of nitrogens with one attached hydrogen (secondary N) is 1. The highest BCUT2D eigenvalue weighted by Crippen LogP contribution is 2.32. The van der Waals surface area contributed by atoms with Crippen molar-refractivity contribution < 1.29 is 4.79 Å². The zero-order valence-corrected chi connectivity index (χ0v) is 15.4. The molecule has 0 aliphatic carbocycles. The number of carbonyl (C=O) groups is 1. The number of fused-ring (bicyclic) bond motifs is 1. The zero-order valence-electron chi connectivity index (χ0n) is 15.4. The van der Waals surface area contributed by atoms with Gasteiger partial charge in [-0.1, -0.05) is 6.07 Å². The molecule has 3 heterocycles. The number of hydrogen-bond acceptors (Lipinski definition) is 4. The molecule has 25 heavy (non-hydrogen) atoms. The van der Waals surface area contributed by atoms with Crippen LogP contribution in [0.2, 0.25) is 0 Å². The normalized spacial score (nSPS) is 17.8. The standard InChI is InChI=1S/C19H27N5O/c1-13(2)23-10-8-16-17(24(12-22-16)14(3)4)18(23)19(25)21-11-15-7-5-6-9-20-15/h5-7,9,12-14,18H,8,10-11H2,1-4H3,(H,21,25)/t18-/m0/s1. The van der Waals surface area contributed by atoms with E-state index in [0.717, 1.165) is 30.0 Å². The van der Waals surface area contributed by atoms with Gasteiger partial charge in [0, 0.05) is 31.2 Å². The first-order valence-corrected chi connectivity index (χ1v) is 8.98. The fourth-order valence-corrected chi connectivity index (χ4v) is 3.44. The summed E-state index contributed by atoms with van der Waals surface area (Å²) in [6.07, 6.45) is 4.50. The summed E-state index contributed by atoms with van der Waals surface area (Å²) in [5.74, 6) is 0.0164. The van der Waals surface area contributed by atoms with E-state index in [4.69, 9.17) is 0 Å². The van der Waals surface area contributed by atoms with E-state index < -0.39 is 0 Å². The maximum Gasteiger partial charge on any atom is 0.243 e. The molecule has 0 saturated heterocycles. The van der Waals surface area contributed by atoms with Crippen LogP contribution in [0.25, 0.3) is 0 Å². The lowest BCUT2D eigenvalue weighted by molar-refractivity contribution is -0.128. The van der Waals surface area contributed by atoms with Gasteiger partial charge in [-0.2, -0.15) is 0 Å². The zero-order chi connectivity index (χ0) is 18.0. The topological polar surface area (TPSA) is 63.1 Å². The van der Waals surface area contributed by atoms with E-state index in [1.54, 1.807) is 6.20 Å². The highest BCUT2D eigenvalue weighted by molar-refractivity contribution is 5.83. The maximum absolute atomic E-state index is 13.1. The van der Waals surface area contributed by atoms with Crippen molar-refractivity contribution in [1.29, 1.82) is 0 Å². The monoisotopic (exact) mass is 341 g/mol. The average Bonchev–Trinajstić information content (AvgIpc) is 3.04. The Morgan fingerprint density at radius 2 is 2.04 bits per heavy atom. The number of nitrogens with zero attached hydrogens (tertiary/aromatic N) is 4. The summed E-state index contributed by atoms with van der Waals surface area (Å²) in [7, 11) is 0. The molecule has 0 saturated carbocycles. The fourth-order valence-electron chi connectivity index (χ4n) is 3.44. The number of rotatable bonds is 5. The Morgan fingerprint density at radius 3 is 2.68 bits per heavy atom. The van der Waals surface area contributed by atoms with Gasteiger partial charge in [0.15, 0.2) is 0 Å². The number of amides is 1. The third-order valence-corrected chi connectivity index (χ3v) is 4.75. The van der Waals surface area contributed by atoms with Crippen molar-refractivity contribution in [3.63, 3.8) is 0 Å². The van der Waals surface area contributed by atoms with E-state index in [1.165, 1.54) is 0 Å². The summed E-state index contributed by atoms with van der Waals surface area (Å²) >= 11 is 0. The molecule has 1 aliphatic rings. The quantitative estimate of drug-likeness (QED) is 0.907. The Labute approximate surface area is 149 Å². The molecule has 0 aromatic carbocycles. The van der Waals surface area contributed by atoms with Crippen molar-refractivity contribution in [2.45, 2.75) is 58.8 Å². The largest absolute Gasteiger partial charge is 0.349 e. The number of hydrogen-bond donors (Lipinski definition) is 1. The minimum absolute atomic E-state index is 0.0164. The summed E-state index contributed by atoms with van der Waals surface area (Å²) in [4.78, 5) is 24.2. The third kappa shape index (κ3) is 3.58. The van der Waals surface area contributed by atoms with Gasteiger partial charge >= 0.3 is 0 Å². The van der Waals surface area contributed by atoms with Crippen LogP contribution < -0.4 is 5.32 Å². The van der Waals surface area contributed by atoms with Gasteiger partial charge in [-0.15, -0.1) is 0 Å². The molecule has 1 atom stereocenters. The Kier molecular flexibility index (Phi) is 5.18. The van der Waals surface area contributed by atoms with Crippen LogP contribution >= 0.6 is 0 Å². The van der Waals surface area contributed by atoms with Crippen molar-refractivity contribution in [1.82, 2.24) is 24.8 Å². The van der Waals surface area contributed by atoms with Gasteiger partial charge in [0.2, 0.25) is 5.91 Å². The van der Waals surface area contributed by atoms with Crippen LogP contribution in [0, 0.1) is 0 Å². The van der Waals surface area contributed by atoms with E-state index in [0.29, 0.717) is 6.54 Å². The van der Waals surface area contributed by atoms with E-state index in [9.17, 15) is 4.79 Å². The van der Waals surface area contributed by atoms with Gasteiger partial charge in [0.25, 0.3) is 0 Å². The van der Waals surface area contributed by atoms with Crippen LogP contribution in [0.5, 0.6) is 0 Å². The van der Waals surface area contributed by atoms with Crippen LogP contribution in [-0.4, -0.2) is 37.9 Å². The summed E-state index contributed by atoms with van der Waals surface area (Å²) < 4.78 is 2.13. The van der Waals surface area contributed by atoms with Gasteiger partial charge in [-0.05, 0) is 39.8 Å². The molecule has 1 aliphatic heterocycles. The lowest BCUT2D eigenvalue weighted by Gasteiger charge is -2.38. The van der Waals surface area contributed by atoms with E-state index in [2.05, 4.69) is 52.4 Å². The van der Waals surface area contributed by atoms with Gasteiger partial charge in [0.1, 0.15) is 6.04 Å². The van der Waals surface area contributed by atoms with Crippen LogP contribution in [0.3, 0.4) is 0 Å². The second-order valence-corrected chi connectivity index (χ2v) is 7.10. The Morgan fingerprint density at radius 1 is 1.24 bits per heavy atom. The first-order chi connectivity index (χ1) is 12.0. The highest BCUT2D eigenvalue weighted by Gasteiger charge is 2.37. The molecule has 1 amide bonds. The minimum Gasteiger partial charge on any atom is -0.349 e. The Hall–Kier alpha value is -2.21. The molecule has 3 rings (SSSR count). The molecule has 0 radical (unpaired) electrons. The van der Waals surface area contributed by atoms with Crippen molar-refractivity contribution in [3.8, 4) is 0 Å². The molecule has 6 heteroatoms. The molecule has 0 spiro atoms. The van der Waals surface area contributed by atoms with Crippen molar-refractivity contribution >= 4 is 5.91 Å². The molecule has 0 unspecified atom stereocenters. The number of imidazole rings is 1. The molecule has 0 bridgehead atoms. The molecule has 2 aromatic heterocycles. The fraction of sp³-hybridized carbons (Fsp3) is 0.526. The van der Waals surface area contributed by atoms with E-state index in [-0.39, 0.29) is 24.0 Å². The highest BCUT2D eigenvalue weighted by atomic mass is 16.2. The second kappa shape index (κ2) is 7.35. The van der Waals surface area contributed by atoms with Crippen LogP contribution in [-0.2, 0) is 17.8 Å². The van der Waals surface area contributed by atoms with Crippen LogP contribution in [0.1, 0.15) is 56.9 Å². The van der Waals surface area contributed by atoms with Gasteiger partial charge in [-0.25, -0.2) is 4.98 Å². The summed E-state index contributed by atoms with van der Waals surface area (Å²) in [5.41, 5.74) is 2.94. The molecular formula is C19H27N5O. The first-order valence-electron chi connectivity index (χ1n) is 8.98. The van der Waals surface area contributed by atoms with Crippen LogP contribution in [0.15, 0.2) is 30.7 Å². The average molecular weight is 341 g/mol. The van der Waals surface area contributed by atoms with Crippen molar-refractivity contribution in [2.75, 3.05) is 6.54 Å². The van der Waals surface area contributed by atoms with Gasteiger partial charge < -0.3 is 9.88 Å². The van der Waals surface area contributed by atoms with Crippen LogP contribution in [0.4, 0.5) is 0 Å². The van der Waals surface area contributed by atoms with Gasteiger partial charge in [0.05, 0.1) is 30.0 Å². The summed E-state index contributed by atoms with van der Waals surface area (Å²) in [6.45, 7) is 9.81. The second-order valence-electron chi connectivity index (χ2n) is 7.10. The molecule has 6 nitrogen and oxygen atoms in total. The summed E-state index contributed by atoms with van der Waals surface area (Å²) in [5, 5.41) is 3.07. The van der Waals surface area contributed by atoms with E-state index >= 15 is 0 Å². The molecule has 2 aromatic rings. The molecular weight excluding hydrogens is 314 g/mol. The molecule has 0 fully saturated rings. The van der Waals surface area contributed by atoms with Crippen molar-refractivity contribution in [2.24, 2.45) is 0 Å². The smallest absolute Gasteiger partial charge is 0.243 e. The predicted octanol–water partition coefficient (Wildman–Crippen LogP) is 2.48. The third-order valence-electron chi connectivity index (χ3n) is 4.75. The first kappa shape index (κ1) is 17.6.